The van der Waals surface area contributed by atoms with Crippen LogP contribution in [0.3, 0.4) is 0 Å². The van der Waals surface area contributed by atoms with Gasteiger partial charge >= 0.3 is 5.97 Å². The number of carbonyl (C=O) groups excluding carboxylic acids is 1. The quantitative estimate of drug-likeness (QED) is 0.854. The molecule has 0 aliphatic rings. The first-order valence-electron chi connectivity index (χ1n) is 6.38. The van der Waals surface area contributed by atoms with Crippen LogP contribution in [0, 0.1) is 0 Å². The fourth-order valence-electron chi connectivity index (χ4n) is 1.75. The first kappa shape index (κ1) is 17.0. The van der Waals surface area contributed by atoms with Gasteiger partial charge in [-0.05, 0) is 30.3 Å². The number of aromatic carboxylic acids is 1. The Labute approximate surface area is 137 Å². The lowest BCUT2D eigenvalue weighted by Gasteiger charge is -2.11. The van der Waals surface area contributed by atoms with Crippen molar-refractivity contribution in [1.29, 1.82) is 0 Å². The molecule has 0 atom stereocenters. The topological polar surface area (TPSA) is 104 Å². The first-order valence-corrected chi connectivity index (χ1v) is 8.68. The molecule has 9 heteroatoms. The van der Waals surface area contributed by atoms with Crippen LogP contribution < -0.4 is 4.72 Å². The summed E-state index contributed by atoms with van der Waals surface area (Å²) in [5.41, 5.74) is 0.246. The number of anilines is 1. The van der Waals surface area contributed by atoms with E-state index < -0.39 is 16.0 Å². The lowest BCUT2D eigenvalue weighted by atomic mass is 10.2. The molecule has 2 aromatic rings. The average Bonchev–Trinajstić information content (AvgIpc) is 2.94. The van der Waals surface area contributed by atoms with Gasteiger partial charge in [0, 0.05) is 19.7 Å². The molecule has 0 saturated carbocycles. The van der Waals surface area contributed by atoms with Crippen LogP contribution in [0.1, 0.15) is 20.0 Å². The number of carboxylic acids is 1. The van der Waals surface area contributed by atoms with Gasteiger partial charge in [0.1, 0.15) is 9.88 Å². The second-order valence-corrected chi connectivity index (χ2v) is 7.57. The van der Waals surface area contributed by atoms with Crippen molar-refractivity contribution in [3.63, 3.8) is 0 Å². The molecule has 1 aromatic carbocycles. The van der Waals surface area contributed by atoms with Crippen molar-refractivity contribution in [1.82, 2.24) is 4.90 Å². The number of rotatable bonds is 5. The highest BCUT2D eigenvalue weighted by Crippen LogP contribution is 2.25. The van der Waals surface area contributed by atoms with Gasteiger partial charge in [-0.2, -0.15) is 0 Å². The number of hydrogen-bond donors (Lipinski definition) is 2. The van der Waals surface area contributed by atoms with Gasteiger partial charge in [-0.15, -0.1) is 11.3 Å². The molecule has 0 spiro atoms. The zero-order chi connectivity index (χ0) is 17.2. The maximum absolute atomic E-state index is 12.3. The minimum absolute atomic E-state index is 0.0271. The van der Waals surface area contributed by atoms with E-state index in [0.717, 1.165) is 11.3 Å². The minimum atomic E-state index is -3.91. The summed E-state index contributed by atoms with van der Waals surface area (Å²) in [6.45, 7) is 0. The lowest BCUT2D eigenvalue weighted by molar-refractivity contribution is 0.0701. The lowest BCUT2D eigenvalue weighted by Crippen LogP contribution is -2.22. The summed E-state index contributed by atoms with van der Waals surface area (Å²) in [6, 6.07) is 8.33. The number of nitrogens with zero attached hydrogens (tertiary/aromatic N) is 1. The summed E-state index contributed by atoms with van der Waals surface area (Å²) in [4.78, 5) is 24.0. The van der Waals surface area contributed by atoms with E-state index in [0.29, 0.717) is 0 Å². The molecular weight excluding hydrogens is 340 g/mol. The SMILES string of the molecule is CN(C)C(=O)c1cccc(S(=O)(=O)Nc2ccc(C(=O)O)s2)c1. The van der Waals surface area contributed by atoms with Gasteiger partial charge in [0.05, 0.1) is 4.90 Å². The van der Waals surface area contributed by atoms with Crippen LogP contribution in [-0.4, -0.2) is 44.4 Å². The number of nitrogens with one attached hydrogen (secondary N) is 1. The molecular formula is C14H14N2O5S2. The maximum Gasteiger partial charge on any atom is 0.345 e. The average molecular weight is 354 g/mol. The number of carbonyl (C=O) groups is 2. The van der Waals surface area contributed by atoms with Gasteiger partial charge in [-0.25, -0.2) is 13.2 Å². The van der Waals surface area contributed by atoms with Crippen molar-refractivity contribution in [2.24, 2.45) is 0 Å². The van der Waals surface area contributed by atoms with Crippen molar-refractivity contribution in [2.75, 3.05) is 18.8 Å². The van der Waals surface area contributed by atoms with Gasteiger partial charge in [0.15, 0.2) is 0 Å². The summed E-state index contributed by atoms with van der Waals surface area (Å²) >= 11 is 0.813. The minimum Gasteiger partial charge on any atom is -0.477 e. The van der Waals surface area contributed by atoms with Crippen LogP contribution in [0.5, 0.6) is 0 Å². The second kappa shape index (κ2) is 6.39. The van der Waals surface area contributed by atoms with E-state index in [2.05, 4.69) is 4.72 Å². The van der Waals surface area contributed by atoms with Gasteiger partial charge in [-0.3, -0.25) is 9.52 Å². The zero-order valence-corrected chi connectivity index (χ0v) is 13.9. The molecule has 1 heterocycles. The predicted octanol–water partition coefficient (Wildman–Crippen LogP) is 1.95. The van der Waals surface area contributed by atoms with Crippen LogP contribution in [0.2, 0.25) is 0 Å². The maximum atomic E-state index is 12.3. The van der Waals surface area contributed by atoms with E-state index >= 15 is 0 Å². The Balaban J connectivity index is 2.30. The number of amides is 1. The van der Waals surface area contributed by atoms with Crippen molar-refractivity contribution in [3.8, 4) is 0 Å². The molecule has 1 aromatic heterocycles. The Morgan fingerprint density at radius 2 is 1.87 bits per heavy atom. The third-order valence-corrected chi connectivity index (χ3v) is 5.33. The molecule has 0 saturated heterocycles. The fourth-order valence-corrected chi connectivity index (χ4v) is 3.84. The van der Waals surface area contributed by atoms with Crippen molar-refractivity contribution in [3.05, 3.63) is 46.8 Å². The third-order valence-electron chi connectivity index (χ3n) is 2.85. The van der Waals surface area contributed by atoms with E-state index in [1.54, 1.807) is 14.1 Å². The Kier molecular flexibility index (Phi) is 4.71. The molecule has 0 radical (unpaired) electrons. The molecule has 0 fully saturated rings. The third kappa shape index (κ3) is 3.88. The van der Waals surface area contributed by atoms with Crippen molar-refractivity contribution in [2.45, 2.75) is 4.90 Å². The highest BCUT2D eigenvalue weighted by molar-refractivity contribution is 7.93. The molecule has 2 rings (SSSR count). The van der Waals surface area contributed by atoms with Gasteiger partial charge in [0.2, 0.25) is 0 Å². The predicted molar refractivity (Wildman–Crippen MR) is 86.5 cm³/mol. The monoisotopic (exact) mass is 354 g/mol. The fraction of sp³-hybridized carbons (Fsp3) is 0.143. The molecule has 122 valence electrons. The van der Waals surface area contributed by atoms with Crippen LogP contribution in [0.4, 0.5) is 5.00 Å². The van der Waals surface area contributed by atoms with Crippen LogP contribution >= 0.6 is 11.3 Å². The molecule has 0 aliphatic heterocycles. The number of thiophene rings is 1. The van der Waals surface area contributed by atoms with Gasteiger partial charge < -0.3 is 10.0 Å². The van der Waals surface area contributed by atoms with Crippen LogP contribution in [-0.2, 0) is 10.0 Å². The summed E-state index contributed by atoms with van der Waals surface area (Å²) in [7, 11) is -0.770. The zero-order valence-electron chi connectivity index (χ0n) is 12.3. The van der Waals surface area contributed by atoms with Crippen molar-refractivity contribution >= 4 is 38.2 Å². The highest BCUT2D eigenvalue weighted by atomic mass is 32.2. The first-order chi connectivity index (χ1) is 10.7. The van der Waals surface area contributed by atoms with Gasteiger partial charge in [-0.1, -0.05) is 6.07 Å². The molecule has 1 amide bonds. The van der Waals surface area contributed by atoms with Crippen molar-refractivity contribution < 1.29 is 23.1 Å². The molecule has 0 aliphatic carbocycles. The standard InChI is InChI=1S/C14H14N2O5S2/c1-16(2)13(17)9-4-3-5-10(8-9)23(20,21)15-12-7-6-11(22-12)14(18)19/h3-8,15H,1-2H3,(H,18,19). The molecule has 2 N–H and O–H groups in total. The molecule has 0 bridgehead atoms. The molecule has 0 unspecified atom stereocenters. The number of hydrogen-bond acceptors (Lipinski definition) is 5. The summed E-state index contributed by atoms with van der Waals surface area (Å²) in [5.74, 6) is -1.44. The largest absolute Gasteiger partial charge is 0.477 e. The second-order valence-electron chi connectivity index (χ2n) is 4.80. The van der Waals surface area contributed by atoms with E-state index in [-0.39, 0.29) is 26.2 Å². The number of sulfonamides is 1. The summed E-state index contributed by atoms with van der Waals surface area (Å²) in [6.07, 6.45) is 0. The molecule has 7 nitrogen and oxygen atoms in total. The van der Waals surface area contributed by atoms with Gasteiger partial charge in [0.25, 0.3) is 15.9 Å². The highest BCUT2D eigenvalue weighted by Gasteiger charge is 2.18. The smallest absolute Gasteiger partial charge is 0.345 e. The Morgan fingerprint density at radius 3 is 2.43 bits per heavy atom. The molecule has 23 heavy (non-hydrogen) atoms. The van der Waals surface area contributed by atoms with E-state index in [9.17, 15) is 18.0 Å². The van der Waals surface area contributed by atoms with Crippen LogP contribution in [0.25, 0.3) is 0 Å². The Bertz CT molecular complexity index is 856. The van der Waals surface area contributed by atoms with E-state index in [4.69, 9.17) is 5.11 Å². The van der Waals surface area contributed by atoms with E-state index in [1.165, 1.54) is 41.3 Å². The Hall–Kier alpha value is -2.39. The Morgan fingerprint density at radius 1 is 1.17 bits per heavy atom. The van der Waals surface area contributed by atoms with Crippen LogP contribution in [0.15, 0.2) is 41.3 Å². The summed E-state index contributed by atoms with van der Waals surface area (Å²) in [5, 5.41) is 9.04. The number of carboxylic acid groups (broad SMARTS) is 1. The normalized spacial score (nSPS) is 11.0. The number of benzene rings is 1. The summed E-state index contributed by atoms with van der Waals surface area (Å²) < 4.78 is 27.0. The van der Waals surface area contributed by atoms with E-state index in [1.807, 2.05) is 0 Å².